The first-order valence-electron chi connectivity index (χ1n) is 15.2. The van der Waals surface area contributed by atoms with Crippen molar-refractivity contribution >= 4 is 32.2 Å². The van der Waals surface area contributed by atoms with Gasteiger partial charge < -0.3 is 33.2 Å². The zero-order chi connectivity index (χ0) is 34.6. The molecule has 3 rings (SSSR count). The fraction of sp³-hybridized carbons (Fsp3) is 0.529. The smallest absolute Gasteiger partial charge is 0.303 e. The Morgan fingerprint density at radius 1 is 0.848 bits per heavy atom. The Kier molecular flexibility index (Phi) is 11.5. The molecule has 0 aromatic heterocycles. The van der Waals surface area contributed by atoms with Crippen LogP contribution in [0.4, 0.5) is 0 Å². The Labute approximate surface area is 271 Å². The van der Waals surface area contributed by atoms with Crippen molar-refractivity contribution in [3.8, 4) is 5.75 Å². The summed E-state index contributed by atoms with van der Waals surface area (Å²) in [7, 11) is -2.01. The molecule has 1 fully saturated rings. The van der Waals surface area contributed by atoms with E-state index in [-0.39, 0.29) is 10.6 Å². The first kappa shape index (κ1) is 36.7. The molecule has 0 radical (unpaired) electrons. The number of carbonyl (C=O) groups is 4. The number of ether oxygens (including phenoxy) is 5. The summed E-state index contributed by atoms with van der Waals surface area (Å²) in [6, 6.07) is 13.0. The van der Waals surface area contributed by atoms with Gasteiger partial charge in [0.15, 0.2) is 12.2 Å². The van der Waals surface area contributed by atoms with Crippen LogP contribution < -0.4 is 4.43 Å². The minimum Gasteiger partial charge on any atom is -0.544 e. The van der Waals surface area contributed by atoms with E-state index in [2.05, 4.69) is 33.9 Å². The molecule has 1 saturated heterocycles. The molecule has 1 heterocycles. The summed E-state index contributed by atoms with van der Waals surface area (Å²) >= 11 is 0. The summed E-state index contributed by atoms with van der Waals surface area (Å²) in [5.74, 6) is -4.62. The molecule has 2 aromatic rings. The lowest BCUT2D eigenvalue weighted by Gasteiger charge is -2.48. The van der Waals surface area contributed by atoms with Gasteiger partial charge in [-0.15, -0.1) is 0 Å². The third-order valence-corrected chi connectivity index (χ3v) is 12.7. The summed E-state index contributed by atoms with van der Waals surface area (Å²) in [5.41, 5.74) is 2.91. The van der Waals surface area contributed by atoms with Crippen molar-refractivity contribution in [3.63, 3.8) is 0 Å². The van der Waals surface area contributed by atoms with Gasteiger partial charge in [-0.2, -0.15) is 0 Å². The molecule has 1 aliphatic heterocycles. The fourth-order valence-electron chi connectivity index (χ4n) is 4.94. The van der Waals surface area contributed by atoms with Gasteiger partial charge in [-0.1, -0.05) is 45.0 Å². The molecule has 1 aliphatic rings. The van der Waals surface area contributed by atoms with Crippen molar-refractivity contribution < 1.29 is 52.4 Å². The van der Waals surface area contributed by atoms with Crippen LogP contribution in [-0.4, -0.2) is 68.3 Å². The maximum Gasteiger partial charge on any atom is 0.303 e. The first-order chi connectivity index (χ1) is 21.2. The van der Waals surface area contributed by atoms with E-state index < -0.39 is 69.0 Å². The topological polar surface area (TPSA) is 144 Å². The van der Waals surface area contributed by atoms with Crippen LogP contribution in [0.3, 0.4) is 0 Å². The van der Waals surface area contributed by atoms with Gasteiger partial charge in [0.1, 0.15) is 18.5 Å². The molecular weight excluding hydrogens is 612 g/mol. The molecule has 0 spiro atoms. The number of carbonyl (C=O) groups excluding carboxylic acids is 4. The maximum atomic E-state index is 12.3. The van der Waals surface area contributed by atoms with Crippen LogP contribution in [0, 0.1) is 6.92 Å². The van der Waals surface area contributed by atoms with Gasteiger partial charge in [0.25, 0.3) is 0 Å². The van der Waals surface area contributed by atoms with Crippen molar-refractivity contribution in [2.24, 2.45) is 0 Å². The van der Waals surface area contributed by atoms with Crippen LogP contribution in [0.25, 0.3) is 0 Å². The number of hydrogen-bond donors (Lipinski definition) is 1. The Balaban J connectivity index is 2.05. The molecule has 1 N–H and O–H groups in total. The van der Waals surface area contributed by atoms with E-state index in [0.717, 1.165) is 43.2 Å². The van der Waals surface area contributed by atoms with Crippen LogP contribution in [0.15, 0.2) is 42.5 Å². The van der Waals surface area contributed by atoms with Crippen LogP contribution in [0.5, 0.6) is 5.75 Å². The standard InChI is InChI=1S/C34H46O11Si/c1-20-11-14-27(18-26(20)17-25-12-15-28(16-13-25)45-46(9,10)33(6,7)8)34(39)32(43-24(5)38)31(42-23(4)37)30(41-22(3)36)29(44-34)19-40-21(2)35/h11-16,18,29-32,39H,17,19H2,1-10H3/t29-,30-,31+,32-,34+/m1/s1. The predicted molar refractivity (Wildman–Crippen MR) is 170 cm³/mol. The average Bonchev–Trinajstić information content (AvgIpc) is 2.92. The van der Waals surface area contributed by atoms with E-state index in [1.54, 1.807) is 18.2 Å². The fourth-order valence-corrected chi connectivity index (χ4v) is 5.97. The molecule has 11 nitrogen and oxygen atoms in total. The van der Waals surface area contributed by atoms with Gasteiger partial charge in [0.05, 0.1) is 0 Å². The Morgan fingerprint density at radius 2 is 1.41 bits per heavy atom. The molecule has 0 unspecified atom stereocenters. The van der Waals surface area contributed by atoms with Gasteiger partial charge in [0, 0.05) is 33.3 Å². The minimum atomic E-state index is -2.41. The summed E-state index contributed by atoms with van der Waals surface area (Å²) in [6.07, 6.45) is -5.37. The molecular formula is C34H46O11Si. The number of hydrogen-bond acceptors (Lipinski definition) is 11. The summed E-state index contributed by atoms with van der Waals surface area (Å²) in [5, 5.41) is 12.3. The maximum absolute atomic E-state index is 12.3. The number of esters is 4. The quantitative estimate of drug-likeness (QED) is 0.212. The van der Waals surface area contributed by atoms with Gasteiger partial charge in [-0.25, -0.2) is 0 Å². The normalized spacial score (nSPS) is 23.2. The van der Waals surface area contributed by atoms with Crippen molar-refractivity contribution in [1.82, 2.24) is 0 Å². The number of rotatable bonds is 10. The van der Waals surface area contributed by atoms with Gasteiger partial charge in [-0.3, -0.25) is 19.2 Å². The monoisotopic (exact) mass is 658 g/mol. The molecule has 0 amide bonds. The molecule has 0 aliphatic carbocycles. The van der Waals surface area contributed by atoms with Crippen LogP contribution in [-0.2, 0) is 55.1 Å². The lowest BCUT2D eigenvalue weighted by atomic mass is 9.85. The van der Waals surface area contributed by atoms with E-state index in [4.69, 9.17) is 28.1 Å². The van der Waals surface area contributed by atoms with Crippen molar-refractivity contribution in [3.05, 3.63) is 64.7 Å². The van der Waals surface area contributed by atoms with Crippen molar-refractivity contribution in [2.75, 3.05) is 6.61 Å². The van der Waals surface area contributed by atoms with E-state index in [1.807, 2.05) is 31.2 Å². The molecule has 2 aromatic carbocycles. The zero-order valence-corrected chi connectivity index (χ0v) is 29.3. The van der Waals surface area contributed by atoms with Crippen LogP contribution in [0.1, 0.15) is 70.7 Å². The SMILES string of the molecule is CC(=O)OC[C@H]1O[C@@](O)(c2ccc(C)c(Cc3ccc(O[Si](C)(C)C(C)(C)C)cc3)c2)[C@H](OC(C)=O)[C@@H](OC(C)=O)[C@@H]1OC(C)=O. The Bertz CT molecular complexity index is 1430. The van der Waals surface area contributed by atoms with Crippen molar-refractivity contribution in [2.45, 2.75) is 110 Å². The Hall–Kier alpha value is -3.74. The largest absolute Gasteiger partial charge is 0.544 e. The highest BCUT2D eigenvalue weighted by atomic mass is 28.4. The second-order valence-electron chi connectivity index (χ2n) is 13.2. The highest BCUT2D eigenvalue weighted by Crippen LogP contribution is 2.42. The molecule has 5 atom stereocenters. The Morgan fingerprint density at radius 3 is 1.93 bits per heavy atom. The molecule has 0 saturated carbocycles. The highest BCUT2D eigenvalue weighted by Gasteiger charge is 2.60. The third kappa shape index (κ3) is 8.95. The zero-order valence-electron chi connectivity index (χ0n) is 28.3. The molecule has 46 heavy (non-hydrogen) atoms. The summed E-state index contributed by atoms with van der Waals surface area (Å²) in [6.45, 7) is 16.9. The van der Waals surface area contributed by atoms with E-state index >= 15 is 0 Å². The lowest BCUT2D eigenvalue weighted by molar-refractivity contribution is -0.360. The lowest BCUT2D eigenvalue weighted by Crippen LogP contribution is -2.66. The first-order valence-corrected chi connectivity index (χ1v) is 18.1. The van der Waals surface area contributed by atoms with Crippen molar-refractivity contribution in [1.29, 1.82) is 0 Å². The second-order valence-corrected chi connectivity index (χ2v) is 17.9. The minimum absolute atomic E-state index is 0.0541. The average molecular weight is 659 g/mol. The number of benzene rings is 2. The van der Waals surface area contributed by atoms with E-state index in [1.165, 1.54) is 6.92 Å². The summed E-state index contributed by atoms with van der Waals surface area (Å²) in [4.78, 5) is 48.3. The summed E-state index contributed by atoms with van der Waals surface area (Å²) < 4.78 is 34.1. The second kappa shape index (κ2) is 14.4. The van der Waals surface area contributed by atoms with E-state index in [9.17, 15) is 24.3 Å². The molecule has 252 valence electrons. The highest BCUT2D eigenvalue weighted by molar-refractivity contribution is 6.74. The van der Waals surface area contributed by atoms with Gasteiger partial charge >= 0.3 is 23.9 Å². The van der Waals surface area contributed by atoms with Gasteiger partial charge in [0.2, 0.25) is 20.2 Å². The van der Waals surface area contributed by atoms with E-state index in [0.29, 0.717) is 6.42 Å². The predicted octanol–water partition coefficient (Wildman–Crippen LogP) is 4.87. The third-order valence-electron chi connectivity index (χ3n) is 8.31. The van der Waals surface area contributed by atoms with Gasteiger partial charge in [-0.05, 0) is 66.4 Å². The molecule has 0 bridgehead atoms. The van der Waals surface area contributed by atoms with Crippen LogP contribution >= 0.6 is 0 Å². The number of aliphatic hydroxyl groups is 1. The number of aryl methyl sites for hydroxylation is 1. The molecule has 12 heteroatoms. The van der Waals surface area contributed by atoms with Crippen LogP contribution in [0.2, 0.25) is 18.1 Å².